The molecule has 1 unspecified atom stereocenters. The number of para-hydroxylation sites is 1. The van der Waals surface area contributed by atoms with Gasteiger partial charge in [0.1, 0.15) is 0 Å². The molecule has 0 aliphatic carbocycles. The molecule has 0 aliphatic heterocycles. The lowest BCUT2D eigenvalue weighted by atomic mass is 10.1. The molecule has 0 saturated carbocycles. The maximum atomic E-state index is 12.4. The van der Waals surface area contributed by atoms with E-state index in [0.29, 0.717) is 16.9 Å². The fraction of sp³-hybridized carbons (Fsp3) is 0.150. The molecule has 1 atom stereocenters. The Morgan fingerprint density at radius 1 is 1.27 bits per heavy atom. The van der Waals surface area contributed by atoms with E-state index in [2.05, 4.69) is 10.3 Å². The lowest BCUT2D eigenvalue weighted by molar-refractivity contribution is -0.384. The van der Waals surface area contributed by atoms with Crippen LogP contribution in [0.4, 0.5) is 16.5 Å². The monoisotopic (exact) mass is 426 g/mol. The Hall–Kier alpha value is -3.79. The summed E-state index contributed by atoms with van der Waals surface area (Å²) in [5.41, 5.74) is 8.10. The Kier molecular flexibility index (Phi) is 6.07. The van der Waals surface area contributed by atoms with Crippen LogP contribution in [-0.2, 0) is 9.53 Å². The van der Waals surface area contributed by atoms with Gasteiger partial charge in [-0.1, -0.05) is 24.3 Å². The van der Waals surface area contributed by atoms with Gasteiger partial charge in [0.2, 0.25) is 0 Å². The fourth-order valence-corrected chi connectivity index (χ4v) is 3.31. The average Bonchev–Trinajstić information content (AvgIpc) is 3.18. The van der Waals surface area contributed by atoms with Crippen molar-refractivity contribution in [2.24, 2.45) is 0 Å². The number of nitrogens with zero attached hydrogens (tertiary/aromatic N) is 2. The molecule has 0 bridgehead atoms. The molecule has 0 fully saturated rings. The van der Waals surface area contributed by atoms with E-state index in [9.17, 15) is 19.7 Å². The van der Waals surface area contributed by atoms with Crippen LogP contribution >= 0.6 is 11.3 Å². The van der Waals surface area contributed by atoms with E-state index in [1.807, 2.05) is 0 Å². The predicted molar refractivity (Wildman–Crippen MR) is 113 cm³/mol. The van der Waals surface area contributed by atoms with Crippen LogP contribution in [0, 0.1) is 17.0 Å². The third kappa shape index (κ3) is 4.61. The van der Waals surface area contributed by atoms with Gasteiger partial charge >= 0.3 is 5.97 Å². The fourth-order valence-electron chi connectivity index (χ4n) is 2.59. The second kappa shape index (κ2) is 8.70. The average molecular weight is 426 g/mol. The standard InChI is InChI=1S/C20H18N4O5S/c1-11-5-3-8-15(17(11)21)19(26)29-12(2)18(25)23-20-22-16(10-30-20)13-6-4-7-14(9-13)24(27)28/h3-10,12H,21H2,1-2H3,(H,22,23,25). The second-order valence-electron chi connectivity index (χ2n) is 6.42. The van der Waals surface area contributed by atoms with Gasteiger partial charge in [-0.25, -0.2) is 9.78 Å². The second-order valence-corrected chi connectivity index (χ2v) is 7.28. The molecule has 3 rings (SSSR count). The van der Waals surface area contributed by atoms with Gasteiger partial charge in [0, 0.05) is 28.8 Å². The summed E-state index contributed by atoms with van der Waals surface area (Å²) in [5, 5.41) is 15.4. The van der Waals surface area contributed by atoms with Crippen LogP contribution in [0.5, 0.6) is 0 Å². The summed E-state index contributed by atoms with van der Waals surface area (Å²) in [6.45, 7) is 3.21. The number of thiazole rings is 1. The van der Waals surface area contributed by atoms with Gasteiger partial charge in [0.15, 0.2) is 11.2 Å². The van der Waals surface area contributed by atoms with Gasteiger partial charge in [-0.2, -0.15) is 0 Å². The Balaban J connectivity index is 1.66. The van der Waals surface area contributed by atoms with Crippen LogP contribution in [0.3, 0.4) is 0 Å². The van der Waals surface area contributed by atoms with Crippen molar-refractivity contribution in [2.75, 3.05) is 11.1 Å². The maximum Gasteiger partial charge on any atom is 0.341 e. The van der Waals surface area contributed by atoms with Crippen molar-refractivity contribution in [3.05, 3.63) is 69.1 Å². The number of nitrogen functional groups attached to an aromatic ring is 1. The number of ether oxygens (including phenoxy) is 1. The number of hydrogen-bond donors (Lipinski definition) is 2. The summed E-state index contributed by atoms with van der Waals surface area (Å²) < 4.78 is 5.21. The SMILES string of the molecule is Cc1cccc(C(=O)OC(C)C(=O)Nc2nc(-c3cccc([N+](=O)[O-])c3)cs2)c1N. The predicted octanol–water partition coefficient (Wildman–Crippen LogP) is 3.79. The van der Waals surface area contributed by atoms with Gasteiger partial charge in [-0.05, 0) is 25.5 Å². The van der Waals surface area contributed by atoms with Gasteiger partial charge < -0.3 is 10.5 Å². The number of nitrogens with two attached hydrogens (primary N) is 1. The van der Waals surface area contributed by atoms with Crippen LogP contribution in [0.15, 0.2) is 47.8 Å². The number of aryl methyl sites for hydroxylation is 1. The number of amides is 1. The topological polar surface area (TPSA) is 137 Å². The Labute approximate surface area is 175 Å². The lowest BCUT2D eigenvalue weighted by Gasteiger charge is -2.14. The van der Waals surface area contributed by atoms with Crippen molar-refractivity contribution in [3.8, 4) is 11.3 Å². The number of rotatable bonds is 6. The summed E-state index contributed by atoms with van der Waals surface area (Å²) in [4.78, 5) is 39.4. The van der Waals surface area contributed by atoms with Crippen LogP contribution < -0.4 is 11.1 Å². The number of anilines is 2. The van der Waals surface area contributed by atoms with E-state index in [4.69, 9.17) is 10.5 Å². The highest BCUT2D eigenvalue weighted by atomic mass is 32.1. The summed E-state index contributed by atoms with van der Waals surface area (Å²) in [5.74, 6) is -1.26. The minimum atomic E-state index is -1.08. The number of nitro benzene ring substituents is 1. The molecule has 1 aromatic heterocycles. The Bertz CT molecular complexity index is 1130. The number of carbonyl (C=O) groups is 2. The first-order valence-corrected chi connectivity index (χ1v) is 9.71. The van der Waals surface area contributed by atoms with E-state index < -0.39 is 22.9 Å². The van der Waals surface area contributed by atoms with Gasteiger partial charge in [-0.15, -0.1) is 11.3 Å². The van der Waals surface area contributed by atoms with E-state index in [0.717, 1.165) is 16.9 Å². The number of aromatic nitrogens is 1. The quantitative estimate of drug-likeness (QED) is 0.265. The van der Waals surface area contributed by atoms with Crippen molar-refractivity contribution in [3.63, 3.8) is 0 Å². The number of benzene rings is 2. The smallest absolute Gasteiger partial charge is 0.341 e. The minimum absolute atomic E-state index is 0.0537. The van der Waals surface area contributed by atoms with Crippen LogP contribution in [0.2, 0.25) is 0 Å². The van der Waals surface area contributed by atoms with Crippen molar-refractivity contribution in [1.29, 1.82) is 0 Å². The van der Waals surface area contributed by atoms with Crippen molar-refractivity contribution >= 4 is 39.7 Å². The zero-order chi connectivity index (χ0) is 21.8. The highest BCUT2D eigenvalue weighted by Gasteiger charge is 2.22. The number of esters is 1. The van der Waals surface area contributed by atoms with E-state index >= 15 is 0 Å². The molecule has 30 heavy (non-hydrogen) atoms. The number of nitro groups is 1. The van der Waals surface area contributed by atoms with Crippen LogP contribution in [0.1, 0.15) is 22.8 Å². The summed E-state index contributed by atoms with van der Waals surface area (Å²) in [7, 11) is 0. The molecule has 154 valence electrons. The zero-order valence-electron chi connectivity index (χ0n) is 16.1. The molecule has 2 aromatic carbocycles. The molecule has 0 saturated heterocycles. The molecule has 0 radical (unpaired) electrons. The molecule has 1 amide bonds. The maximum absolute atomic E-state index is 12.4. The molecule has 1 heterocycles. The number of hydrogen-bond acceptors (Lipinski definition) is 8. The third-order valence-electron chi connectivity index (χ3n) is 4.28. The molecule has 0 spiro atoms. The Morgan fingerprint density at radius 3 is 2.73 bits per heavy atom. The van der Waals surface area contributed by atoms with Crippen LogP contribution in [0.25, 0.3) is 11.3 Å². The molecule has 10 heteroatoms. The highest BCUT2D eigenvalue weighted by molar-refractivity contribution is 7.14. The first kappa shape index (κ1) is 20.9. The van der Waals surface area contributed by atoms with Crippen LogP contribution in [-0.4, -0.2) is 27.9 Å². The largest absolute Gasteiger partial charge is 0.449 e. The first-order chi connectivity index (χ1) is 14.3. The normalized spacial score (nSPS) is 11.5. The van der Waals surface area contributed by atoms with Gasteiger partial charge in [-0.3, -0.25) is 20.2 Å². The molecular formula is C20H18N4O5S. The summed E-state index contributed by atoms with van der Waals surface area (Å²) in [6, 6.07) is 11.0. The van der Waals surface area contributed by atoms with E-state index in [1.165, 1.54) is 25.1 Å². The molecule has 3 aromatic rings. The number of non-ortho nitro benzene ring substituents is 1. The lowest BCUT2D eigenvalue weighted by Crippen LogP contribution is -2.30. The van der Waals surface area contributed by atoms with Crippen molar-refractivity contribution < 1.29 is 19.2 Å². The number of nitrogens with one attached hydrogen (secondary N) is 1. The Morgan fingerprint density at radius 2 is 2.00 bits per heavy atom. The first-order valence-electron chi connectivity index (χ1n) is 8.83. The highest BCUT2D eigenvalue weighted by Crippen LogP contribution is 2.27. The summed E-state index contributed by atoms with van der Waals surface area (Å²) >= 11 is 1.15. The molecule has 3 N–H and O–H groups in total. The van der Waals surface area contributed by atoms with Crippen molar-refractivity contribution in [1.82, 2.24) is 4.98 Å². The molecule has 9 nitrogen and oxygen atoms in total. The minimum Gasteiger partial charge on any atom is -0.449 e. The summed E-state index contributed by atoms with van der Waals surface area (Å²) in [6.07, 6.45) is -1.08. The van der Waals surface area contributed by atoms with E-state index in [-0.39, 0.29) is 16.4 Å². The zero-order valence-corrected chi connectivity index (χ0v) is 16.9. The van der Waals surface area contributed by atoms with Gasteiger partial charge in [0.25, 0.3) is 11.6 Å². The van der Waals surface area contributed by atoms with E-state index in [1.54, 1.807) is 36.6 Å². The van der Waals surface area contributed by atoms with Gasteiger partial charge in [0.05, 0.1) is 16.2 Å². The number of carbonyl (C=O) groups excluding carboxylic acids is 2. The third-order valence-corrected chi connectivity index (χ3v) is 5.04. The van der Waals surface area contributed by atoms with Crippen molar-refractivity contribution in [2.45, 2.75) is 20.0 Å². The molecule has 0 aliphatic rings. The molecular weight excluding hydrogens is 408 g/mol.